The lowest BCUT2D eigenvalue weighted by Crippen LogP contribution is -2.43. The van der Waals surface area contributed by atoms with E-state index in [-0.39, 0.29) is 11.9 Å². The standard InChI is InChI=1S/C12H23N3O/c13-6-3-7-14-12(16)11-8-9-4-1-2-5-10(9)15-11/h9-11,15H,1-8,13H2,(H,14,16). The van der Waals surface area contributed by atoms with Gasteiger partial charge >= 0.3 is 0 Å². The molecule has 4 N–H and O–H groups in total. The fraction of sp³-hybridized carbons (Fsp3) is 0.917. The third kappa shape index (κ3) is 2.74. The number of hydrogen-bond acceptors (Lipinski definition) is 3. The molecule has 1 heterocycles. The molecule has 2 aliphatic rings. The van der Waals surface area contributed by atoms with Gasteiger partial charge in [-0.1, -0.05) is 12.8 Å². The van der Waals surface area contributed by atoms with Crippen molar-refractivity contribution in [2.45, 2.75) is 50.6 Å². The molecule has 3 unspecified atom stereocenters. The molecule has 3 atom stereocenters. The minimum Gasteiger partial charge on any atom is -0.355 e. The Morgan fingerprint density at radius 3 is 2.94 bits per heavy atom. The van der Waals surface area contributed by atoms with Gasteiger partial charge in [0.05, 0.1) is 6.04 Å². The molecule has 16 heavy (non-hydrogen) atoms. The van der Waals surface area contributed by atoms with Gasteiger partial charge in [-0.25, -0.2) is 0 Å². The van der Waals surface area contributed by atoms with E-state index in [0.717, 1.165) is 18.8 Å². The number of hydrogen-bond donors (Lipinski definition) is 3. The molecule has 1 saturated heterocycles. The molecular formula is C12H23N3O. The minimum atomic E-state index is 0.0471. The Bertz CT molecular complexity index is 230. The molecule has 4 nitrogen and oxygen atoms in total. The topological polar surface area (TPSA) is 67.1 Å². The van der Waals surface area contributed by atoms with Gasteiger partial charge < -0.3 is 16.4 Å². The van der Waals surface area contributed by atoms with Crippen LogP contribution in [0.1, 0.15) is 38.5 Å². The van der Waals surface area contributed by atoms with Crippen LogP contribution in [0.2, 0.25) is 0 Å². The smallest absolute Gasteiger partial charge is 0.237 e. The van der Waals surface area contributed by atoms with Gasteiger partial charge in [0, 0.05) is 12.6 Å². The van der Waals surface area contributed by atoms with Crippen LogP contribution in [-0.4, -0.2) is 31.1 Å². The number of rotatable bonds is 4. The van der Waals surface area contributed by atoms with Gasteiger partial charge in [0.25, 0.3) is 0 Å². The maximum atomic E-state index is 11.8. The van der Waals surface area contributed by atoms with E-state index in [1.807, 2.05) is 0 Å². The number of nitrogens with two attached hydrogens (primary N) is 1. The van der Waals surface area contributed by atoms with E-state index >= 15 is 0 Å². The van der Waals surface area contributed by atoms with Crippen molar-refractivity contribution in [3.8, 4) is 0 Å². The second kappa shape index (κ2) is 5.64. The van der Waals surface area contributed by atoms with Gasteiger partial charge in [-0.15, -0.1) is 0 Å². The van der Waals surface area contributed by atoms with Crippen molar-refractivity contribution in [2.75, 3.05) is 13.1 Å². The SMILES string of the molecule is NCCCNC(=O)C1CC2CCCCC2N1. The van der Waals surface area contributed by atoms with Crippen LogP contribution in [-0.2, 0) is 4.79 Å². The van der Waals surface area contributed by atoms with Crippen molar-refractivity contribution in [1.82, 2.24) is 10.6 Å². The zero-order chi connectivity index (χ0) is 11.4. The fourth-order valence-corrected chi connectivity index (χ4v) is 2.96. The summed E-state index contributed by atoms with van der Waals surface area (Å²) < 4.78 is 0. The van der Waals surface area contributed by atoms with Crippen LogP contribution in [0, 0.1) is 5.92 Å². The van der Waals surface area contributed by atoms with E-state index in [2.05, 4.69) is 10.6 Å². The first kappa shape index (κ1) is 11.9. The summed E-state index contributed by atoms with van der Waals surface area (Å²) in [5.41, 5.74) is 5.40. The van der Waals surface area contributed by atoms with Crippen LogP contribution in [0.15, 0.2) is 0 Å². The molecule has 0 aromatic heterocycles. The average Bonchev–Trinajstić information content (AvgIpc) is 2.73. The molecule has 1 aliphatic heterocycles. The predicted molar refractivity (Wildman–Crippen MR) is 64.0 cm³/mol. The van der Waals surface area contributed by atoms with Gasteiger partial charge in [-0.2, -0.15) is 0 Å². The van der Waals surface area contributed by atoms with E-state index in [9.17, 15) is 4.79 Å². The first-order valence-corrected chi connectivity index (χ1v) is 6.55. The van der Waals surface area contributed by atoms with E-state index in [4.69, 9.17) is 5.73 Å². The predicted octanol–water partition coefficient (Wildman–Crippen LogP) is 0.372. The summed E-state index contributed by atoms with van der Waals surface area (Å²) in [7, 11) is 0. The number of fused-ring (bicyclic) bond motifs is 1. The van der Waals surface area contributed by atoms with Crippen molar-refractivity contribution in [1.29, 1.82) is 0 Å². The highest BCUT2D eigenvalue weighted by atomic mass is 16.2. The van der Waals surface area contributed by atoms with Crippen LogP contribution in [0.3, 0.4) is 0 Å². The normalized spacial score (nSPS) is 33.4. The molecule has 0 aromatic rings. The maximum absolute atomic E-state index is 11.8. The molecule has 0 spiro atoms. The Kier molecular flexibility index (Phi) is 4.18. The Balaban J connectivity index is 1.76. The van der Waals surface area contributed by atoms with Gasteiger partial charge in [-0.3, -0.25) is 4.79 Å². The Labute approximate surface area is 97.3 Å². The van der Waals surface area contributed by atoms with Crippen molar-refractivity contribution < 1.29 is 4.79 Å². The summed E-state index contributed by atoms with van der Waals surface area (Å²) in [6, 6.07) is 0.643. The number of amides is 1. The summed E-state index contributed by atoms with van der Waals surface area (Å²) >= 11 is 0. The lowest BCUT2D eigenvalue weighted by molar-refractivity contribution is -0.122. The summed E-state index contributed by atoms with van der Waals surface area (Å²) in [5.74, 6) is 0.904. The van der Waals surface area contributed by atoms with Crippen LogP contribution in [0.4, 0.5) is 0 Å². The molecule has 0 aromatic carbocycles. The maximum Gasteiger partial charge on any atom is 0.237 e. The second-order valence-electron chi connectivity index (χ2n) is 5.04. The highest BCUT2D eigenvalue weighted by molar-refractivity contribution is 5.82. The molecular weight excluding hydrogens is 202 g/mol. The van der Waals surface area contributed by atoms with Gasteiger partial charge in [0.15, 0.2) is 0 Å². The first-order valence-electron chi connectivity index (χ1n) is 6.55. The molecule has 4 heteroatoms. The second-order valence-corrected chi connectivity index (χ2v) is 5.04. The molecule has 92 valence electrons. The molecule has 1 aliphatic carbocycles. The van der Waals surface area contributed by atoms with Crippen LogP contribution >= 0.6 is 0 Å². The van der Waals surface area contributed by atoms with Crippen molar-refractivity contribution >= 4 is 5.91 Å². The highest BCUT2D eigenvalue weighted by Crippen LogP contribution is 2.33. The zero-order valence-electron chi connectivity index (χ0n) is 9.87. The summed E-state index contributed by atoms with van der Waals surface area (Å²) in [6.07, 6.45) is 7.09. The van der Waals surface area contributed by atoms with Crippen LogP contribution in [0.25, 0.3) is 0 Å². The van der Waals surface area contributed by atoms with Crippen molar-refractivity contribution in [3.05, 3.63) is 0 Å². The summed E-state index contributed by atoms with van der Waals surface area (Å²) in [4.78, 5) is 11.8. The first-order chi connectivity index (χ1) is 7.81. The zero-order valence-corrected chi connectivity index (χ0v) is 9.87. The van der Waals surface area contributed by atoms with Crippen LogP contribution < -0.4 is 16.4 Å². The largest absolute Gasteiger partial charge is 0.355 e. The van der Waals surface area contributed by atoms with Gasteiger partial charge in [0.2, 0.25) is 5.91 Å². The Hall–Kier alpha value is -0.610. The lowest BCUT2D eigenvalue weighted by Gasteiger charge is -2.24. The third-order valence-corrected chi connectivity index (χ3v) is 3.86. The van der Waals surface area contributed by atoms with E-state index in [1.54, 1.807) is 0 Å². The lowest BCUT2D eigenvalue weighted by atomic mass is 9.85. The number of carbonyl (C=O) groups is 1. The molecule has 0 radical (unpaired) electrons. The van der Waals surface area contributed by atoms with E-state index in [0.29, 0.717) is 19.1 Å². The highest BCUT2D eigenvalue weighted by Gasteiger charge is 2.37. The fourth-order valence-electron chi connectivity index (χ4n) is 2.96. The Morgan fingerprint density at radius 2 is 2.19 bits per heavy atom. The minimum absolute atomic E-state index is 0.0471. The Morgan fingerprint density at radius 1 is 1.38 bits per heavy atom. The van der Waals surface area contributed by atoms with Crippen molar-refractivity contribution in [2.24, 2.45) is 11.7 Å². The third-order valence-electron chi connectivity index (χ3n) is 3.86. The monoisotopic (exact) mass is 225 g/mol. The average molecular weight is 225 g/mol. The molecule has 2 rings (SSSR count). The van der Waals surface area contributed by atoms with Crippen molar-refractivity contribution in [3.63, 3.8) is 0 Å². The van der Waals surface area contributed by atoms with Gasteiger partial charge in [0.1, 0.15) is 0 Å². The number of nitrogens with one attached hydrogen (secondary N) is 2. The summed E-state index contributed by atoms with van der Waals surface area (Å²) in [6.45, 7) is 1.35. The van der Waals surface area contributed by atoms with E-state index < -0.39 is 0 Å². The summed E-state index contributed by atoms with van der Waals surface area (Å²) in [5, 5.41) is 6.43. The van der Waals surface area contributed by atoms with E-state index in [1.165, 1.54) is 25.7 Å². The number of carbonyl (C=O) groups excluding carboxylic acids is 1. The van der Waals surface area contributed by atoms with Crippen LogP contribution in [0.5, 0.6) is 0 Å². The van der Waals surface area contributed by atoms with Gasteiger partial charge in [-0.05, 0) is 38.1 Å². The molecule has 1 amide bonds. The molecule has 2 fully saturated rings. The molecule has 1 saturated carbocycles. The molecule has 0 bridgehead atoms. The quantitative estimate of drug-likeness (QED) is 0.606.